The molecule has 1 aliphatic heterocycles. The molecule has 0 aliphatic carbocycles. The number of rotatable bonds is 5. The van der Waals surface area contributed by atoms with Crippen LogP contribution in [0.15, 0.2) is 24.3 Å². The number of anilines is 1. The molecule has 20 heavy (non-hydrogen) atoms. The fraction of sp³-hybridized carbons (Fsp3) is 0.333. The summed E-state index contributed by atoms with van der Waals surface area (Å²) in [4.78, 5) is 35.0. The number of aliphatic hydroxyl groups excluding tert-OH is 1. The Morgan fingerprint density at radius 3 is 2.55 bits per heavy atom. The van der Waals surface area contributed by atoms with Gasteiger partial charge in [-0.25, -0.2) is 4.90 Å². The predicted octanol–water partition coefficient (Wildman–Crippen LogP) is 0.952. The Kier molecular flexibility index (Phi) is 4.35. The van der Waals surface area contributed by atoms with Crippen LogP contribution in [0.4, 0.5) is 11.4 Å². The molecule has 0 radical (unpaired) electrons. The number of carbonyl (C=O) groups is 2. The highest BCUT2D eigenvalue weighted by atomic mass is 32.2. The standard InChI is InChI=1S/C12H12N2O5S/c15-5-6-20-10-7-11(16)13(12(10)17)8-1-3-9(4-2-8)14(18)19/h1-4,10,15H,5-7H2. The number of imide groups is 1. The van der Waals surface area contributed by atoms with Gasteiger partial charge in [-0.1, -0.05) is 0 Å². The lowest BCUT2D eigenvalue weighted by Crippen LogP contribution is -2.31. The number of hydrogen-bond acceptors (Lipinski definition) is 6. The SMILES string of the molecule is O=C1CC(SCCO)C(=O)N1c1ccc([N+](=O)[O-])cc1. The molecule has 1 heterocycles. The maximum atomic E-state index is 12.1. The van der Waals surface area contributed by atoms with Gasteiger partial charge < -0.3 is 5.11 Å². The average Bonchev–Trinajstić information content (AvgIpc) is 2.71. The number of amides is 2. The highest BCUT2D eigenvalue weighted by molar-refractivity contribution is 8.00. The molecule has 106 valence electrons. The van der Waals surface area contributed by atoms with Gasteiger partial charge in [0.25, 0.3) is 5.69 Å². The zero-order valence-corrected chi connectivity index (χ0v) is 11.2. The number of hydrogen-bond donors (Lipinski definition) is 1. The van der Waals surface area contributed by atoms with Crippen LogP contribution in [0.3, 0.4) is 0 Å². The molecule has 7 nitrogen and oxygen atoms in total. The van der Waals surface area contributed by atoms with E-state index in [4.69, 9.17) is 5.11 Å². The summed E-state index contributed by atoms with van der Waals surface area (Å²) in [5, 5.41) is 18.8. The molecular formula is C12H12N2O5S. The van der Waals surface area contributed by atoms with E-state index in [1.165, 1.54) is 36.0 Å². The maximum Gasteiger partial charge on any atom is 0.269 e. The Labute approximate surface area is 118 Å². The van der Waals surface area contributed by atoms with Crippen molar-refractivity contribution in [2.75, 3.05) is 17.3 Å². The van der Waals surface area contributed by atoms with Gasteiger partial charge in [-0.2, -0.15) is 0 Å². The van der Waals surface area contributed by atoms with Crippen LogP contribution < -0.4 is 4.90 Å². The van der Waals surface area contributed by atoms with E-state index in [2.05, 4.69) is 0 Å². The number of benzene rings is 1. The van der Waals surface area contributed by atoms with E-state index >= 15 is 0 Å². The van der Waals surface area contributed by atoms with Gasteiger partial charge in [0, 0.05) is 24.3 Å². The maximum absolute atomic E-state index is 12.1. The Hall–Kier alpha value is -1.93. The van der Waals surface area contributed by atoms with Gasteiger partial charge in [0.05, 0.1) is 22.5 Å². The van der Waals surface area contributed by atoms with Crippen molar-refractivity contribution in [3.63, 3.8) is 0 Å². The van der Waals surface area contributed by atoms with Crippen LogP contribution in [0.1, 0.15) is 6.42 Å². The molecule has 0 saturated carbocycles. The number of carbonyl (C=O) groups excluding carboxylic acids is 2. The molecule has 1 aliphatic rings. The van der Waals surface area contributed by atoms with Gasteiger partial charge in [0.15, 0.2) is 0 Å². The highest BCUT2D eigenvalue weighted by Crippen LogP contribution is 2.30. The third-order valence-corrected chi connectivity index (χ3v) is 4.02. The van der Waals surface area contributed by atoms with E-state index in [-0.39, 0.29) is 30.5 Å². The monoisotopic (exact) mass is 296 g/mol. The number of nitro benzene ring substituents is 1. The van der Waals surface area contributed by atoms with Crippen molar-refractivity contribution in [2.45, 2.75) is 11.7 Å². The van der Waals surface area contributed by atoms with Crippen LogP contribution in [-0.2, 0) is 9.59 Å². The van der Waals surface area contributed by atoms with E-state index < -0.39 is 10.2 Å². The van der Waals surface area contributed by atoms with Gasteiger partial charge in [0.2, 0.25) is 11.8 Å². The summed E-state index contributed by atoms with van der Waals surface area (Å²) in [6.07, 6.45) is 0.0838. The Balaban J connectivity index is 2.17. The van der Waals surface area contributed by atoms with Crippen molar-refractivity contribution in [3.05, 3.63) is 34.4 Å². The Morgan fingerprint density at radius 2 is 2.00 bits per heavy atom. The van der Waals surface area contributed by atoms with Gasteiger partial charge in [-0.05, 0) is 12.1 Å². The van der Waals surface area contributed by atoms with Crippen LogP contribution in [0.5, 0.6) is 0 Å². The molecule has 1 fully saturated rings. The lowest BCUT2D eigenvalue weighted by molar-refractivity contribution is -0.384. The van der Waals surface area contributed by atoms with Gasteiger partial charge >= 0.3 is 0 Å². The first-order valence-corrected chi connectivity index (χ1v) is 6.93. The summed E-state index contributed by atoms with van der Waals surface area (Å²) in [5.74, 6) is -0.292. The van der Waals surface area contributed by atoms with E-state index in [0.717, 1.165) is 4.90 Å². The zero-order chi connectivity index (χ0) is 14.7. The first-order valence-electron chi connectivity index (χ1n) is 5.88. The Bertz CT molecular complexity index is 545. The molecule has 0 spiro atoms. The molecular weight excluding hydrogens is 284 g/mol. The number of non-ortho nitro benzene ring substituents is 1. The van der Waals surface area contributed by atoms with Gasteiger partial charge in [-0.15, -0.1) is 11.8 Å². The summed E-state index contributed by atoms with van der Waals surface area (Å²) in [6.45, 7) is -0.0554. The second-order valence-corrected chi connectivity index (χ2v) is 5.44. The minimum atomic E-state index is -0.544. The number of nitro groups is 1. The molecule has 2 amide bonds. The number of aliphatic hydroxyl groups is 1. The van der Waals surface area contributed by atoms with E-state index in [1.54, 1.807) is 0 Å². The minimum Gasteiger partial charge on any atom is -0.396 e. The molecule has 1 aromatic carbocycles. The first-order chi connectivity index (χ1) is 9.54. The number of nitrogens with zero attached hydrogens (tertiary/aromatic N) is 2. The molecule has 8 heteroatoms. The highest BCUT2D eigenvalue weighted by Gasteiger charge is 2.39. The second-order valence-electron chi connectivity index (χ2n) is 4.13. The van der Waals surface area contributed by atoms with Crippen molar-refractivity contribution in [1.29, 1.82) is 0 Å². The second kappa shape index (κ2) is 6.02. The largest absolute Gasteiger partial charge is 0.396 e. The fourth-order valence-electron chi connectivity index (χ4n) is 1.92. The van der Waals surface area contributed by atoms with Crippen LogP contribution >= 0.6 is 11.8 Å². The number of thioether (sulfide) groups is 1. The molecule has 1 unspecified atom stereocenters. The molecule has 0 bridgehead atoms. The normalized spacial score (nSPS) is 18.6. The molecule has 2 rings (SSSR count). The average molecular weight is 296 g/mol. The minimum absolute atomic E-state index is 0.0554. The summed E-state index contributed by atoms with van der Waals surface area (Å²) < 4.78 is 0. The van der Waals surface area contributed by atoms with E-state index in [1.807, 2.05) is 0 Å². The van der Waals surface area contributed by atoms with Gasteiger partial charge in [0.1, 0.15) is 0 Å². The molecule has 1 atom stereocenters. The van der Waals surface area contributed by atoms with E-state index in [9.17, 15) is 19.7 Å². The molecule has 1 N–H and O–H groups in total. The third-order valence-electron chi connectivity index (χ3n) is 2.83. The Morgan fingerprint density at radius 1 is 1.35 bits per heavy atom. The van der Waals surface area contributed by atoms with Crippen LogP contribution in [0.2, 0.25) is 0 Å². The molecule has 1 aromatic rings. The lowest BCUT2D eigenvalue weighted by Gasteiger charge is -2.14. The first kappa shape index (κ1) is 14.5. The van der Waals surface area contributed by atoms with Crippen molar-refractivity contribution in [1.82, 2.24) is 0 Å². The summed E-state index contributed by atoms with van der Waals surface area (Å²) >= 11 is 1.23. The van der Waals surface area contributed by atoms with Crippen LogP contribution in [0, 0.1) is 10.1 Å². The topological polar surface area (TPSA) is 101 Å². The van der Waals surface area contributed by atoms with Crippen molar-refractivity contribution in [3.8, 4) is 0 Å². The fourth-order valence-corrected chi connectivity index (χ4v) is 2.82. The van der Waals surface area contributed by atoms with Crippen LogP contribution in [-0.4, -0.2) is 39.5 Å². The van der Waals surface area contributed by atoms with Crippen molar-refractivity contribution in [2.24, 2.45) is 0 Å². The summed E-state index contributed by atoms with van der Waals surface area (Å²) in [6, 6.07) is 5.27. The smallest absolute Gasteiger partial charge is 0.269 e. The van der Waals surface area contributed by atoms with Crippen molar-refractivity contribution >= 4 is 35.0 Å². The third kappa shape index (κ3) is 2.81. The van der Waals surface area contributed by atoms with Crippen LogP contribution in [0.25, 0.3) is 0 Å². The van der Waals surface area contributed by atoms with Gasteiger partial charge in [-0.3, -0.25) is 19.7 Å². The summed E-state index contributed by atoms with van der Waals surface area (Å²) in [5.41, 5.74) is 0.233. The predicted molar refractivity (Wildman–Crippen MR) is 73.5 cm³/mol. The lowest BCUT2D eigenvalue weighted by atomic mass is 10.2. The molecule has 1 saturated heterocycles. The summed E-state index contributed by atoms with van der Waals surface area (Å²) in [7, 11) is 0. The van der Waals surface area contributed by atoms with E-state index in [0.29, 0.717) is 11.4 Å². The zero-order valence-electron chi connectivity index (χ0n) is 10.4. The molecule has 0 aromatic heterocycles. The quantitative estimate of drug-likeness (QED) is 0.493. The van der Waals surface area contributed by atoms with Crippen molar-refractivity contribution < 1.29 is 19.6 Å².